The van der Waals surface area contributed by atoms with Crippen molar-refractivity contribution in [2.45, 2.75) is 0 Å². The lowest BCUT2D eigenvalue weighted by molar-refractivity contribution is 0.857. The highest BCUT2D eigenvalue weighted by molar-refractivity contribution is 5.68. The lowest BCUT2D eigenvalue weighted by Crippen LogP contribution is -2.04. The fraction of sp³-hybridized carbons (Fsp3) is 0. The van der Waals surface area contributed by atoms with Gasteiger partial charge < -0.3 is 5.73 Å². The van der Waals surface area contributed by atoms with E-state index in [0.29, 0.717) is 23.0 Å². The molecular formula is C9H8N8. The van der Waals surface area contributed by atoms with Crippen molar-refractivity contribution in [3.05, 3.63) is 30.6 Å². The van der Waals surface area contributed by atoms with Gasteiger partial charge in [0.05, 0.1) is 11.8 Å². The first-order valence-corrected chi connectivity index (χ1v) is 4.85. The average Bonchev–Trinajstić information content (AvgIpc) is 2.99. The van der Waals surface area contributed by atoms with E-state index in [4.69, 9.17) is 5.73 Å². The minimum atomic E-state index is 0.407. The zero-order chi connectivity index (χ0) is 11.7. The Morgan fingerprint density at radius 1 is 1.29 bits per heavy atom. The summed E-state index contributed by atoms with van der Waals surface area (Å²) in [5.74, 6) is 1.47. The molecule has 0 aliphatic carbocycles. The topological polar surface area (TPSA) is 111 Å². The van der Waals surface area contributed by atoms with Crippen LogP contribution in [0.2, 0.25) is 0 Å². The highest BCUT2D eigenvalue weighted by Gasteiger charge is 2.14. The first-order valence-electron chi connectivity index (χ1n) is 4.85. The maximum absolute atomic E-state index is 5.97. The summed E-state index contributed by atoms with van der Waals surface area (Å²) in [4.78, 5) is 4.16. The molecule has 8 heteroatoms. The number of nitrogens with two attached hydrogens (primary N) is 1. The summed E-state index contributed by atoms with van der Waals surface area (Å²) >= 11 is 0. The van der Waals surface area contributed by atoms with E-state index in [0.717, 1.165) is 0 Å². The van der Waals surface area contributed by atoms with Crippen molar-refractivity contribution in [3.8, 4) is 17.2 Å². The monoisotopic (exact) mass is 228 g/mol. The molecule has 84 valence electrons. The molecule has 0 radical (unpaired) electrons. The SMILES string of the molecule is Nc1c(-c2nn[nH]n2)cnn1-c1ccccn1. The van der Waals surface area contributed by atoms with Crippen molar-refractivity contribution in [1.29, 1.82) is 0 Å². The Balaban J connectivity index is 2.10. The van der Waals surface area contributed by atoms with E-state index < -0.39 is 0 Å². The molecule has 0 unspecified atom stereocenters. The molecule has 3 aromatic rings. The molecule has 0 saturated heterocycles. The number of tetrazole rings is 1. The summed E-state index contributed by atoms with van der Waals surface area (Å²) in [6.07, 6.45) is 3.25. The number of hydrogen-bond donors (Lipinski definition) is 2. The van der Waals surface area contributed by atoms with E-state index in [2.05, 4.69) is 30.7 Å². The molecule has 0 spiro atoms. The van der Waals surface area contributed by atoms with Crippen LogP contribution in [0.3, 0.4) is 0 Å². The van der Waals surface area contributed by atoms with Gasteiger partial charge in [0.25, 0.3) is 0 Å². The smallest absolute Gasteiger partial charge is 0.210 e. The minimum Gasteiger partial charge on any atom is -0.383 e. The second kappa shape index (κ2) is 3.67. The first kappa shape index (κ1) is 9.46. The normalized spacial score (nSPS) is 10.6. The van der Waals surface area contributed by atoms with Gasteiger partial charge in [0, 0.05) is 6.20 Å². The number of pyridine rings is 1. The van der Waals surface area contributed by atoms with Crippen molar-refractivity contribution in [3.63, 3.8) is 0 Å². The number of aromatic amines is 1. The van der Waals surface area contributed by atoms with E-state index in [9.17, 15) is 0 Å². The molecule has 3 N–H and O–H groups in total. The second-order valence-corrected chi connectivity index (χ2v) is 3.28. The average molecular weight is 228 g/mol. The quantitative estimate of drug-likeness (QED) is 0.640. The van der Waals surface area contributed by atoms with Gasteiger partial charge in [0.2, 0.25) is 5.82 Å². The van der Waals surface area contributed by atoms with Crippen LogP contribution in [0, 0.1) is 0 Å². The Labute approximate surface area is 95.5 Å². The summed E-state index contributed by atoms with van der Waals surface area (Å²) < 4.78 is 1.52. The predicted molar refractivity (Wildman–Crippen MR) is 58.9 cm³/mol. The van der Waals surface area contributed by atoms with Crippen LogP contribution in [-0.2, 0) is 0 Å². The molecule has 17 heavy (non-hydrogen) atoms. The molecule has 0 bridgehead atoms. The van der Waals surface area contributed by atoms with Crippen molar-refractivity contribution in [2.24, 2.45) is 0 Å². The maximum atomic E-state index is 5.97. The van der Waals surface area contributed by atoms with Gasteiger partial charge in [-0.05, 0) is 17.3 Å². The van der Waals surface area contributed by atoms with Crippen molar-refractivity contribution < 1.29 is 0 Å². The fourth-order valence-electron chi connectivity index (χ4n) is 1.47. The van der Waals surface area contributed by atoms with Gasteiger partial charge in [-0.25, -0.2) is 4.98 Å². The summed E-state index contributed by atoms with van der Waals surface area (Å²) in [6, 6.07) is 5.49. The minimum absolute atomic E-state index is 0.407. The van der Waals surface area contributed by atoms with Crippen LogP contribution in [0.4, 0.5) is 5.82 Å². The van der Waals surface area contributed by atoms with Crippen LogP contribution in [0.1, 0.15) is 0 Å². The molecule has 3 heterocycles. The summed E-state index contributed by atoms with van der Waals surface area (Å²) in [7, 11) is 0. The summed E-state index contributed by atoms with van der Waals surface area (Å²) in [5.41, 5.74) is 6.58. The van der Waals surface area contributed by atoms with E-state index in [1.165, 1.54) is 4.68 Å². The van der Waals surface area contributed by atoms with Crippen LogP contribution >= 0.6 is 0 Å². The second-order valence-electron chi connectivity index (χ2n) is 3.28. The highest BCUT2D eigenvalue weighted by Crippen LogP contribution is 2.22. The molecule has 3 aromatic heterocycles. The van der Waals surface area contributed by atoms with Gasteiger partial charge in [-0.2, -0.15) is 15.0 Å². The number of anilines is 1. The highest BCUT2D eigenvalue weighted by atomic mass is 15.5. The van der Waals surface area contributed by atoms with Crippen LogP contribution in [0.5, 0.6) is 0 Å². The third-order valence-electron chi connectivity index (χ3n) is 2.26. The molecule has 0 fully saturated rings. The number of nitrogen functional groups attached to an aromatic ring is 1. The molecule has 0 amide bonds. The number of hydrogen-bond acceptors (Lipinski definition) is 6. The Kier molecular flexibility index (Phi) is 2.04. The largest absolute Gasteiger partial charge is 0.383 e. The van der Waals surface area contributed by atoms with E-state index in [1.54, 1.807) is 12.4 Å². The molecular weight excluding hydrogens is 220 g/mol. The molecule has 0 aliphatic rings. The third-order valence-corrected chi connectivity index (χ3v) is 2.26. The predicted octanol–water partition coefficient (Wildman–Crippen LogP) is 0.0296. The lowest BCUT2D eigenvalue weighted by Gasteiger charge is -2.01. The summed E-state index contributed by atoms with van der Waals surface area (Å²) in [5, 5.41) is 17.7. The molecule has 0 saturated carbocycles. The molecule has 3 rings (SSSR count). The van der Waals surface area contributed by atoms with Gasteiger partial charge in [0.15, 0.2) is 5.82 Å². The first-order chi connectivity index (χ1) is 8.36. The van der Waals surface area contributed by atoms with Gasteiger partial charge in [-0.3, -0.25) is 0 Å². The maximum Gasteiger partial charge on any atom is 0.210 e. The number of nitrogens with zero attached hydrogens (tertiary/aromatic N) is 6. The van der Waals surface area contributed by atoms with Crippen LogP contribution < -0.4 is 5.73 Å². The van der Waals surface area contributed by atoms with Crippen LogP contribution in [0.15, 0.2) is 30.6 Å². The van der Waals surface area contributed by atoms with Gasteiger partial charge in [-0.15, -0.1) is 10.2 Å². The number of rotatable bonds is 2. The fourth-order valence-corrected chi connectivity index (χ4v) is 1.47. The number of nitrogens with one attached hydrogen (secondary N) is 1. The van der Waals surface area contributed by atoms with Gasteiger partial charge >= 0.3 is 0 Å². The molecule has 0 aromatic carbocycles. The van der Waals surface area contributed by atoms with Crippen molar-refractivity contribution in [2.75, 3.05) is 5.73 Å². The Morgan fingerprint density at radius 3 is 2.94 bits per heavy atom. The zero-order valence-electron chi connectivity index (χ0n) is 8.65. The number of aromatic nitrogens is 7. The van der Waals surface area contributed by atoms with E-state index in [-0.39, 0.29) is 0 Å². The zero-order valence-corrected chi connectivity index (χ0v) is 8.65. The Morgan fingerprint density at radius 2 is 2.24 bits per heavy atom. The van der Waals surface area contributed by atoms with E-state index in [1.807, 2.05) is 18.2 Å². The Hall–Kier alpha value is -2.77. The standard InChI is InChI=1S/C9H8N8/c10-8-6(9-13-15-16-14-9)5-12-17(8)7-3-1-2-4-11-7/h1-5H,10H2,(H,13,14,15,16). The molecule has 0 atom stereocenters. The van der Waals surface area contributed by atoms with Crippen molar-refractivity contribution >= 4 is 5.82 Å². The van der Waals surface area contributed by atoms with Gasteiger partial charge in [0.1, 0.15) is 5.82 Å². The summed E-state index contributed by atoms with van der Waals surface area (Å²) in [6.45, 7) is 0. The molecule has 0 aliphatic heterocycles. The number of H-pyrrole nitrogens is 1. The molecule has 8 nitrogen and oxygen atoms in total. The van der Waals surface area contributed by atoms with Crippen molar-refractivity contribution in [1.82, 2.24) is 35.4 Å². The van der Waals surface area contributed by atoms with E-state index >= 15 is 0 Å². The lowest BCUT2D eigenvalue weighted by atomic mass is 10.3. The third kappa shape index (κ3) is 1.51. The Bertz CT molecular complexity index is 612. The van der Waals surface area contributed by atoms with Gasteiger partial charge in [-0.1, -0.05) is 6.07 Å². The van der Waals surface area contributed by atoms with Crippen LogP contribution in [-0.4, -0.2) is 35.4 Å². The van der Waals surface area contributed by atoms with Crippen LogP contribution in [0.25, 0.3) is 17.2 Å².